The van der Waals surface area contributed by atoms with Crippen molar-refractivity contribution in [2.75, 3.05) is 21.8 Å². The molecule has 3 aromatic rings. The Labute approximate surface area is 171 Å². The lowest BCUT2D eigenvalue weighted by Gasteiger charge is -2.07. The van der Waals surface area contributed by atoms with Gasteiger partial charge in [0.1, 0.15) is 0 Å². The molecule has 0 aliphatic carbocycles. The summed E-state index contributed by atoms with van der Waals surface area (Å²) >= 11 is 1.19. The predicted molar refractivity (Wildman–Crippen MR) is 114 cm³/mol. The zero-order valence-electron chi connectivity index (χ0n) is 15.5. The van der Waals surface area contributed by atoms with Gasteiger partial charge in [-0.25, -0.2) is 10.5 Å². The van der Waals surface area contributed by atoms with Crippen molar-refractivity contribution in [2.45, 2.75) is 12.1 Å². The summed E-state index contributed by atoms with van der Waals surface area (Å²) in [6, 6.07) is 16.6. The van der Waals surface area contributed by atoms with Gasteiger partial charge in [-0.3, -0.25) is 9.59 Å². The fourth-order valence-corrected chi connectivity index (χ4v) is 2.87. The Morgan fingerprint density at radius 2 is 1.86 bits per heavy atom. The average molecular weight is 409 g/mol. The first-order chi connectivity index (χ1) is 14.1. The van der Waals surface area contributed by atoms with Crippen molar-refractivity contribution in [3.8, 4) is 0 Å². The van der Waals surface area contributed by atoms with Crippen LogP contribution >= 0.6 is 11.8 Å². The normalized spacial score (nSPS) is 10.7. The van der Waals surface area contributed by atoms with Gasteiger partial charge in [-0.05, 0) is 23.8 Å². The molecule has 4 N–H and O–H groups in total. The molecule has 0 unspecified atom stereocenters. The number of rotatable bonds is 8. The van der Waals surface area contributed by atoms with Crippen LogP contribution in [0.2, 0.25) is 0 Å². The van der Waals surface area contributed by atoms with E-state index >= 15 is 0 Å². The summed E-state index contributed by atoms with van der Waals surface area (Å²) in [6.07, 6.45) is 1.66. The molecule has 1 heterocycles. The van der Waals surface area contributed by atoms with Gasteiger partial charge < -0.3 is 10.6 Å². The van der Waals surface area contributed by atoms with Crippen LogP contribution in [0.15, 0.2) is 64.9 Å². The molecule has 0 bridgehead atoms. The number of benzene rings is 2. The zero-order valence-corrected chi connectivity index (χ0v) is 16.4. The highest BCUT2D eigenvalue weighted by atomic mass is 32.2. The van der Waals surface area contributed by atoms with E-state index in [4.69, 9.17) is 0 Å². The van der Waals surface area contributed by atoms with Gasteiger partial charge in [0.15, 0.2) is 0 Å². The first-order valence-corrected chi connectivity index (χ1v) is 9.64. The van der Waals surface area contributed by atoms with Gasteiger partial charge in [-0.15, -0.1) is 5.10 Å². The van der Waals surface area contributed by atoms with E-state index in [1.54, 1.807) is 30.5 Å². The van der Waals surface area contributed by atoms with Crippen LogP contribution in [0.5, 0.6) is 0 Å². The van der Waals surface area contributed by atoms with Gasteiger partial charge in [0.25, 0.3) is 0 Å². The number of amides is 2. The molecular weight excluding hydrogens is 390 g/mol. The summed E-state index contributed by atoms with van der Waals surface area (Å²) in [7, 11) is 0. The number of hydrogen-bond acceptors (Lipinski definition) is 7. The van der Waals surface area contributed by atoms with E-state index in [0.717, 1.165) is 5.56 Å². The van der Waals surface area contributed by atoms with Crippen LogP contribution < -0.4 is 16.1 Å². The topological polar surface area (TPSA) is 124 Å². The zero-order chi connectivity index (χ0) is 20.5. The molecule has 0 radical (unpaired) electrons. The van der Waals surface area contributed by atoms with E-state index in [1.807, 2.05) is 30.3 Å². The van der Waals surface area contributed by atoms with Crippen molar-refractivity contribution < 1.29 is 9.59 Å². The number of nitrogens with zero attached hydrogens (tertiary/aromatic N) is 3. The third kappa shape index (κ3) is 6.78. The Morgan fingerprint density at radius 1 is 1.10 bits per heavy atom. The average Bonchev–Trinajstić information content (AvgIpc) is 3.15. The SMILES string of the molecule is CC(=O)Nc1cccc(NC(=O)CSc2n[nH]c(N/N=C\c3ccccc3)n2)c1. The summed E-state index contributed by atoms with van der Waals surface area (Å²) in [5.74, 6) is 0.125. The van der Waals surface area contributed by atoms with Crippen molar-refractivity contribution in [1.82, 2.24) is 15.2 Å². The van der Waals surface area contributed by atoms with E-state index in [1.165, 1.54) is 18.7 Å². The van der Waals surface area contributed by atoms with Crippen LogP contribution in [0, 0.1) is 0 Å². The van der Waals surface area contributed by atoms with E-state index in [2.05, 4.69) is 36.3 Å². The Balaban J connectivity index is 1.46. The highest BCUT2D eigenvalue weighted by Gasteiger charge is 2.08. The second-order valence-electron chi connectivity index (χ2n) is 5.85. The molecule has 0 saturated carbocycles. The third-order valence-electron chi connectivity index (χ3n) is 3.45. The second-order valence-corrected chi connectivity index (χ2v) is 6.79. The lowest BCUT2D eigenvalue weighted by Crippen LogP contribution is -2.14. The molecule has 9 nitrogen and oxygen atoms in total. The molecule has 0 spiro atoms. The molecule has 0 saturated heterocycles. The Kier molecular flexibility index (Phi) is 6.95. The van der Waals surface area contributed by atoms with E-state index in [-0.39, 0.29) is 17.6 Å². The summed E-state index contributed by atoms with van der Waals surface area (Å²) in [5.41, 5.74) is 4.91. The van der Waals surface area contributed by atoms with Crippen molar-refractivity contribution in [3.05, 3.63) is 60.2 Å². The van der Waals surface area contributed by atoms with Crippen LogP contribution in [0.3, 0.4) is 0 Å². The molecule has 10 heteroatoms. The van der Waals surface area contributed by atoms with Crippen molar-refractivity contribution in [2.24, 2.45) is 5.10 Å². The minimum Gasteiger partial charge on any atom is -0.326 e. The van der Waals surface area contributed by atoms with Crippen LogP contribution in [0.25, 0.3) is 0 Å². The number of hydrazone groups is 1. The summed E-state index contributed by atoms with van der Waals surface area (Å²) in [5, 5.41) is 16.7. The number of carbonyl (C=O) groups is 2. The van der Waals surface area contributed by atoms with E-state index < -0.39 is 0 Å². The maximum absolute atomic E-state index is 12.1. The van der Waals surface area contributed by atoms with Gasteiger partial charge in [0.2, 0.25) is 22.9 Å². The standard InChI is InChI=1S/C19H19N7O2S/c1-13(27)21-15-8-5-9-16(10-15)22-17(28)12-29-19-23-18(25-26-19)24-20-11-14-6-3-2-4-7-14/h2-11H,12H2,1H3,(H,21,27)(H,22,28)(H2,23,24,25,26)/b20-11-. The predicted octanol–water partition coefficient (Wildman–Crippen LogP) is 2.94. The smallest absolute Gasteiger partial charge is 0.240 e. The Morgan fingerprint density at radius 3 is 2.62 bits per heavy atom. The quantitative estimate of drug-likeness (QED) is 0.258. The van der Waals surface area contributed by atoms with Crippen molar-refractivity contribution in [3.63, 3.8) is 0 Å². The van der Waals surface area contributed by atoms with Crippen LogP contribution in [-0.4, -0.2) is 39.0 Å². The van der Waals surface area contributed by atoms with Gasteiger partial charge in [-0.1, -0.05) is 48.2 Å². The lowest BCUT2D eigenvalue weighted by atomic mass is 10.2. The fourth-order valence-electron chi connectivity index (χ4n) is 2.27. The highest BCUT2D eigenvalue weighted by molar-refractivity contribution is 7.99. The second kappa shape index (κ2) is 10.0. The molecule has 2 amide bonds. The number of aromatic nitrogens is 3. The number of carbonyl (C=O) groups excluding carboxylic acids is 2. The Bertz CT molecular complexity index is 1000. The maximum atomic E-state index is 12.1. The molecule has 0 aliphatic heterocycles. The molecular formula is C19H19N7O2S. The highest BCUT2D eigenvalue weighted by Crippen LogP contribution is 2.17. The number of thioether (sulfide) groups is 1. The summed E-state index contributed by atoms with van der Waals surface area (Å²) in [6.45, 7) is 1.43. The van der Waals surface area contributed by atoms with Crippen molar-refractivity contribution in [1.29, 1.82) is 0 Å². The van der Waals surface area contributed by atoms with Crippen LogP contribution in [0.4, 0.5) is 17.3 Å². The fraction of sp³-hybridized carbons (Fsp3) is 0.105. The number of H-pyrrole nitrogens is 1. The van der Waals surface area contributed by atoms with Gasteiger partial charge in [0.05, 0.1) is 12.0 Å². The number of aromatic amines is 1. The first-order valence-electron chi connectivity index (χ1n) is 8.65. The first kappa shape index (κ1) is 20.1. The van der Waals surface area contributed by atoms with Gasteiger partial charge in [-0.2, -0.15) is 10.1 Å². The monoisotopic (exact) mass is 409 g/mol. The van der Waals surface area contributed by atoms with Crippen molar-refractivity contribution >= 4 is 47.1 Å². The third-order valence-corrected chi connectivity index (χ3v) is 4.29. The largest absolute Gasteiger partial charge is 0.326 e. The lowest BCUT2D eigenvalue weighted by molar-refractivity contribution is -0.114. The van der Waals surface area contributed by atoms with Gasteiger partial charge in [0, 0.05) is 18.3 Å². The number of nitrogens with one attached hydrogen (secondary N) is 4. The minimum atomic E-state index is -0.212. The van der Waals surface area contributed by atoms with Crippen LogP contribution in [0.1, 0.15) is 12.5 Å². The maximum Gasteiger partial charge on any atom is 0.240 e. The molecule has 29 heavy (non-hydrogen) atoms. The number of anilines is 3. The van der Waals surface area contributed by atoms with E-state index in [0.29, 0.717) is 22.5 Å². The Hall–Kier alpha value is -3.66. The molecule has 1 aromatic heterocycles. The summed E-state index contributed by atoms with van der Waals surface area (Å²) < 4.78 is 0. The number of hydrogen-bond donors (Lipinski definition) is 4. The molecule has 3 rings (SSSR count). The molecule has 0 aliphatic rings. The molecule has 0 atom stereocenters. The van der Waals surface area contributed by atoms with Gasteiger partial charge >= 0.3 is 0 Å². The minimum absolute atomic E-state index is 0.134. The summed E-state index contributed by atoms with van der Waals surface area (Å²) in [4.78, 5) is 27.5. The van der Waals surface area contributed by atoms with Crippen LogP contribution in [-0.2, 0) is 9.59 Å². The van der Waals surface area contributed by atoms with E-state index in [9.17, 15) is 9.59 Å². The molecule has 0 fully saturated rings. The molecule has 148 valence electrons. The molecule has 2 aromatic carbocycles.